The Labute approximate surface area is 147 Å². The molecule has 3 heterocycles. The van der Waals surface area contributed by atoms with E-state index in [2.05, 4.69) is 9.97 Å². The number of sulfone groups is 1. The van der Waals surface area contributed by atoms with Crippen molar-refractivity contribution in [1.82, 2.24) is 14.3 Å². The molecule has 2 fully saturated rings. The molecule has 2 saturated heterocycles. The van der Waals surface area contributed by atoms with Crippen LogP contribution in [0.1, 0.15) is 25.7 Å². The lowest BCUT2D eigenvalue weighted by Crippen LogP contribution is -2.49. The predicted octanol–water partition coefficient (Wildman–Crippen LogP) is 1.57. The molecule has 0 amide bonds. The molecule has 0 spiro atoms. The summed E-state index contributed by atoms with van der Waals surface area (Å²) in [6, 6.07) is 7.84. The van der Waals surface area contributed by atoms with Crippen LogP contribution in [0.4, 0.5) is 0 Å². The Morgan fingerprint density at radius 1 is 1.00 bits per heavy atom. The van der Waals surface area contributed by atoms with Gasteiger partial charge in [0, 0.05) is 12.1 Å². The van der Waals surface area contributed by atoms with Gasteiger partial charge < -0.3 is 4.98 Å². The second kappa shape index (κ2) is 5.93. The highest BCUT2D eigenvalue weighted by Crippen LogP contribution is 2.42. The van der Waals surface area contributed by atoms with Gasteiger partial charge in [-0.15, -0.1) is 0 Å². The fraction of sp³-hybridized carbons (Fsp3) is 0.438. The van der Waals surface area contributed by atoms with Crippen molar-refractivity contribution >= 4 is 19.9 Å². The lowest BCUT2D eigenvalue weighted by molar-refractivity contribution is 0.248. The largest absolute Gasteiger partial charge is 0.335 e. The summed E-state index contributed by atoms with van der Waals surface area (Å²) in [7, 11) is -7.12. The second-order valence-electron chi connectivity index (χ2n) is 6.59. The van der Waals surface area contributed by atoms with Crippen LogP contribution in [-0.2, 0) is 19.9 Å². The number of sulfonamides is 1. The van der Waals surface area contributed by atoms with Crippen molar-refractivity contribution in [2.24, 2.45) is 0 Å². The Bertz CT molecular complexity index is 942. The first-order valence-corrected chi connectivity index (χ1v) is 11.2. The predicted molar refractivity (Wildman–Crippen MR) is 91.1 cm³/mol. The lowest BCUT2D eigenvalue weighted by atomic mass is 10.1. The SMILES string of the molecule is O=S(=O)(c1ccccc1)C1C[C@H]2CC[C@H](C1)N2S(=O)(=O)c1cnc[nH]1. The zero-order chi connectivity index (χ0) is 17.7. The summed E-state index contributed by atoms with van der Waals surface area (Å²) < 4.78 is 53.0. The standard InChI is InChI=1S/C16H19N3O4S2/c20-24(21,14-4-2-1-3-5-14)15-8-12-6-7-13(9-15)19(12)25(22,23)16-10-17-11-18-16/h1-5,10-13,15H,6-9H2,(H,17,18)/t12-,13-/m1/s1. The van der Waals surface area contributed by atoms with Gasteiger partial charge >= 0.3 is 0 Å². The smallest absolute Gasteiger partial charge is 0.260 e. The third-order valence-electron chi connectivity index (χ3n) is 5.16. The van der Waals surface area contributed by atoms with Crippen LogP contribution in [0.25, 0.3) is 0 Å². The average molecular weight is 381 g/mol. The van der Waals surface area contributed by atoms with Crippen molar-refractivity contribution in [2.75, 3.05) is 0 Å². The molecule has 0 saturated carbocycles. The van der Waals surface area contributed by atoms with Crippen LogP contribution in [0.5, 0.6) is 0 Å². The third kappa shape index (κ3) is 2.70. The topological polar surface area (TPSA) is 100 Å². The molecule has 4 rings (SSSR count). The van der Waals surface area contributed by atoms with E-state index < -0.39 is 25.1 Å². The van der Waals surface area contributed by atoms with Crippen molar-refractivity contribution < 1.29 is 16.8 Å². The molecule has 2 atom stereocenters. The van der Waals surface area contributed by atoms with E-state index in [4.69, 9.17) is 0 Å². The van der Waals surface area contributed by atoms with Gasteiger partial charge in [-0.25, -0.2) is 21.8 Å². The summed E-state index contributed by atoms with van der Waals surface area (Å²) in [5.41, 5.74) is 0. The molecule has 1 aromatic carbocycles. The number of nitrogens with one attached hydrogen (secondary N) is 1. The molecule has 0 radical (unpaired) electrons. The molecule has 134 valence electrons. The molecular formula is C16H19N3O4S2. The average Bonchev–Trinajstić information content (AvgIpc) is 3.23. The van der Waals surface area contributed by atoms with Crippen molar-refractivity contribution in [2.45, 2.75) is 52.9 Å². The molecule has 0 unspecified atom stereocenters. The van der Waals surface area contributed by atoms with E-state index in [0.717, 1.165) is 0 Å². The number of nitrogens with zero attached hydrogens (tertiary/aromatic N) is 2. The van der Waals surface area contributed by atoms with Crippen molar-refractivity contribution in [1.29, 1.82) is 0 Å². The van der Waals surface area contributed by atoms with Gasteiger partial charge in [0.05, 0.1) is 22.7 Å². The number of piperidine rings is 1. The number of hydrogen-bond acceptors (Lipinski definition) is 5. The Morgan fingerprint density at radius 3 is 2.20 bits per heavy atom. The maximum absolute atomic E-state index is 12.9. The number of benzene rings is 1. The molecule has 2 aromatic rings. The van der Waals surface area contributed by atoms with E-state index in [1.54, 1.807) is 30.3 Å². The van der Waals surface area contributed by atoms with Crippen LogP contribution >= 0.6 is 0 Å². The number of H-pyrrole nitrogens is 1. The van der Waals surface area contributed by atoms with E-state index in [-0.39, 0.29) is 17.1 Å². The fourth-order valence-electron chi connectivity index (χ4n) is 4.03. The van der Waals surface area contributed by atoms with Gasteiger partial charge in [-0.3, -0.25) is 0 Å². The van der Waals surface area contributed by atoms with Gasteiger partial charge in [-0.05, 0) is 37.8 Å². The molecule has 2 aliphatic heterocycles. The summed E-state index contributed by atoms with van der Waals surface area (Å²) in [4.78, 5) is 6.75. The number of rotatable bonds is 4. The van der Waals surface area contributed by atoms with Gasteiger partial charge in [0.1, 0.15) is 0 Å². The van der Waals surface area contributed by atoms with Gasteiger partial charge in [-0.2, -0.15) is 4.31 Å². The highest BCUT2D eigenvalue weighted by molar-refractivity contribution is 7.92. The van der Waals surface area contributed by atoms with Crippen LogP contribution < -0.4 is 0 Å². The van der Waals surface area contributed by atoms with Crippen molar-refractivity contribution in [3.05, 3.63) is 42.9 Å². The van der Waals surface area contributed by atoms with Crippen molar-refractivity contribution in [3.8, 4) is 0 Å². The lowest BCUT2D eigenvalue weighted by Gasteiger charge is -2.37. The Morgan fingerprint density at radius 2 is 1.64 bits per heavy atom. The Kier molecular flexibility index (Phi) is 3.97. The quantitative estimate of drug-likeness (QED) is 0.866. The minimum Gasteiger partial charge on any atom is -0.335 e. The number of hydrogen-bond donors (Lipinski definition) is 1. The molecule has 1 N–H and O–H groups in total. The fourth-order valence-corrected chi connectivity index (χ4v) is 7.69. The normalized spacial score (nSPS) is 27.4. The van der Waals surface area contributed by atoms with Crippen LogP contribution in [-0.4, -0.2) is 48.4 Å². The number of aromatic amines is 1. The monoisotopic (exact) mass is 381 g/mol. The van der Waals surface area contributed by atoms with Gasteiger partial charge in [0.2, 0.25) is 0 Å². The van der Waals surface area contributed by atoms with E-state index in [0.29, 0.717) is 30.6 Å². The zero-order valence-electron chi connectivity index (χ0n) is 13.4. The minimum absolute atomic E-state index is 0.0637. The molecule has 1 aromatic heterocycles. The van der Waals surface area contributed by atoms with Gasteiger partial charge in [0.25, 0.3) is 10.0 Å². The van der Waals surface area contributed by atoms with Gasteiger partial charge in [-0.1, -0.05) is 18.2 Å². The van der Waals surface area contributed by atoms with E-state index in [1.807, 2.05) is 0 Å². The maximum atomic E-state index is 12.9. The highest BCUT2D eigenvalue weighted by atomic mass is 32.2. The summed E-state index contributed by atoms with van der Waals surface area (Å²) in [6.07, 6.45) is 4.68. The Hall–Kier alpha value is -1.71. The molecule has 0 aliphatic carbocycles. The number of imidazole rings is 1. The van der Waals surface area contributed by atoms with Crippen LogP contribution in [0.15, 0.2) is 52.8 Å². The van der Waals surface area contributed by atoms with Crippen molar-refractivity contribution in [3.63, 3.8) is 0 Å². The number of aromatic nitrogens is 2. The number of fused-ring (bicyclic) bond motifs is 2. The van der Waals surface area contributed by atoms with Gasteiger partial charge in [0.15, 0.2) is 14.9 Å². The molecule has 25 heavy (non-hydrogen) atoms. The zero-order valence-corrected chi connectivity index (χ0v) is 15.1. The second-order valence-corrected chi connectivity index (χ2v) is 10.6. The molecule has 2 bridgehead atoms. The van der Waals surface area contributed by atoms with Crippen LogP contribution in [0, 0.1) is 0 Å². The maximum Gasteiger partial charge on any atom is 0.260 e. The third-order valence-corrected chi connectivity index (χ3v) is 9.28. The summed E-state index contributed by atoms with van der Waals surface area (Å²) in [5.74, 6) is 0. The first-order valence-electron chi connectivity index (χ1n) is 8.21. The Balaban J connectivity index is 1.63. The first kappa shape index (κ1) is 16.7. The van der Waals surface area contributed by atoms with Crippen LogP contribution in [0.2, 0.25) is 0 Å². The molecule has 2 aliphatic rings. The van der Waals surface area contributed by atoms with E-state index in [1.165, 1.54) is 16.8 Å². The summed E-state index contributed by atoms with van der Waals surface area (Å²) in [5, 5.41) is -0.477. The molecule has 7 nitrogen and oxygen atoms in total. The highest BCUT2D eigenvalue weighted by Gasteiger charge is 2.50. The molecular weight excluding hydrogens is 362 g/mol. The minimum atomic E-state index is -3.67. The summed E-state index contributed by atoms with van der Waals surface area (Å²) >= 11 is 0. The van der Waals surface area contributed by atoms with E-state index >= 15 is 0 Å². The summed E-state index contributed by atoms with van der Waals surface area (Å²) in [6.45, 7) is 0. The van der Waals surface area contributed by atoms with E-state index in [9.17, 15) is 16.8 Å². The molecule has 9 heteroatoms. The first-order chi connectivity index (χ1) is 11.9. The van der Waals surface area contributed by atoms with Crippen LogP contribution in [0.3, 0.4) is 0 Å².